The van der Waals surface area contributed by atoms with Crippen LogP contribution < -0.4 is 5.56 Å². The summed E-state index contributed by atoms with van der Waals surface area (Å²) in [5, 5.41) is 9.11. The molecule has 0 saturated heterocycles. The highest BCUT2D eigenvalue weighted by Gasteiger charge is 2.14. The molecule has 2 rings (SSSR count). The molecule has 0 saturated carbocycles. The second-order valence-corrected chi connectivity index (χ2v) is 5.12. The minimum absolute atomic E-state index is 0.0253. The van der Waals surface area contributed by atoms with E-state index in [1.54, 1.807) is 26.0 Å². The Labute approximate surface area is 117 Å². The molecule has 19 heavy (non-hydrogen) atoms. The second-order valence-electron chi connectivity index (χ2n) is 4.26. The van der Waals surface area contributed by atoms with Gasteiger partial charge in [0.05, 0.1) is 0 Å². The summed E-state index contributed by atoms with van der Waals surface area (Å²) in [4.78, 5) is 14.3. The maximum Gasteiger partial charge on any atom is 0.266 e. The van der Waals surface area contributed by atoms with E-state index in [1.165, 1.54) is 6.07 Å². The summed E-state index contributed by atoms with van der Waals surface area (Å²) in [5.74, 6) is -0.337. The van der Waals surface area contributed by atoms with Crippen LogP contribution in [0.15, 0.2) is 27.5 Å². The molecule has 0 unspecified atom stereocenters. The van der Waals surface area contributed by atoms with Crippen LogP contribution in [0.2, 0.25) is 0 Å². The summed E-state index contributed by atoms with van der Waals surface area (Å²) in [6.45, 7) is 3.37. The lowest BCUT2D eigenvalue weighted by atomic mass is 9.99. The molecule has 0 amide bonds. The largest absolute Gasteiger partial charge is 0.325 e. The van der Waals surface area contributed by atoms with E-state index in [0.29, 0.717) is 26.9 Å². The summed E-state index contributed by atoms with van der Waals surface area (Å²) in [6.07, 6.45) is 0. The van der Waals surface area contributed by atoms with Gasteiger partial charge >= 0.3 is 0 Å². The fraction of sp³-hybridized carbons (Fsp3) is 0.143. The van der Waals surface area contributed by atoms with E-state index in [4.69, 9.17) is 5.26 Å². The summed E-state index contributed by atoms with van der Waals surface area (Å²) < 4.78 is 14.0. The van der Waals surface area contributed by atoms with Gasteiger partial charge in [-0.05, 0) is 43.2 Å². The van der Waals surface area contributed by atoms with E-state index < -0.39 is 5.56 Å². The van der Waals surface area contributed by atoms with Gasteiger partial charge in [-0.25, -0.2) is 4.39 Å². The third-order valence-electron chi connectivity index (χ3n) is 2.82. The average molecular weight is 321 g/mol. The third kappa shape index (κ3) is 2.45. The highest BCUT2D eigenvalue weighted by Crippen LogP contribution is 2.31. The van der Waals surface area contributed by atoms with E-state index in [9.17, 15) is 9.18 Å². The number of H-pyrrole nitrogens is 1. The lowest BCUT2D eigenvalue weighted by molar-refractivity contribution is 0.618. The minimum Gasteiger partial charge on any atom is -0.325 e. The van der Waals surface area contributed by atoms with Crippen molar-refractivity contribution in [1.29, 1.82) is 5.26 Å². The molecule has 0 aliphatic carbocycles. The van der Waals surface area contributed by atoms with Crippen molar-refractivity contribution in [3.63, 3.8) is 0 Å². The molecule has 1 aromatic heterocycles. The van der Waals surface area contributed by atoms with Gasteiger partial charge in [-0.3, -0.25) is 4.79 Å². The van der Waals surface area contributed by atoms with Crippen LogP contribution in [0.1, 0.15) is 16.8 Å². The molecular weight excluding hydrogens is 311 g/mol. The van der Waals surface area contributed by atoms with E-state index in [2.05, 4.69) is 20.9 Å². The normalized spacial score (nSPS) is 10.3. The molecule has 0 bridgehead atoms. The van der Waals surface area contributed by atoms with Gasteiger partial charge in [0.25, 0.3) is 5.56 Å². The van der Waals surface area contributed by atoms with E-state index in [1.807, 2.05) is 6.07 Å². The first-order valence-corrected chi connectivity index (χ1v) is 6.33. The number of aromatic nitrogens is 1. The standard InChI is InChI=1S/C14H10BrFN2O/c1-7-3-10(12(15)5-13(7)16)9-4-8(2)18-14(19)11(9)6-17/h3-5H,1-2H3,(H,18,19). The quantitative estimate of drug-likeness (QED) is 0.875. The van der Waals surface area contributed by atoms with Gasteiger partial charge in [0.15, 0.2) is 0 Å². The molecule has 1 aromatic carbocycles. The molecule has 5 heteroatoms. The molecule has 3 nitrogen and oxygen atoms in total. The number of aryl methyl sites for hydroxylation is 2. The minimum atomic E-state index is -0.439. The number of hydrogen-bond acceptors (Lipinski definition) is 2. The van der Waals surface area contributed by atoms with Gasteiger partial charge in [-0.2, -0.15) is 5.26 Å². The molecule has 0 radical (unpaired) electrons. The maximum atomic E-state index is 13.5. The monoisotopic (exact) mass is 320 g/mol. The number of nitriles is 1. The average Bonchev–Trinajstić information content (AvgIpc) is 2.33. The Morgan fingerprint density at radius 3 is 2.58 bits per heavy atom. The second kappa shape index (κ2) is 4.98. The topological polar surface area (TPSA) is 56.6 Å². The van der Waals surface area contributed by atoms with E-state index in [-0.39, 0.29) is 11.4 Å². The molecule has 0 fully saturated rings. The van der Waals surface area contributed by atoms with Crippen molar-refractivity contribution >= 4 is 15.9 Å². The summed E-state index contributed by atoms with van der Waals surface area (Å²) in [7, 11) is 0. The molecule has 0 aliphatic rings. The Morgan fingerprint density at radius 1 is 1.26 bits per heavy atom. The van der Waals surface area contributed by atoms with Crippen molar-refractivity contribution in [2.75, 3.05) is 0 Å². The Bertz CT molecular complexity index is 759. The zero-order chi connectivity index (χ0) is 14.2. The Hall–Kier alpha value is -1.93. The molecular formula is C14H10BrFN2O. The van der Waals surface area contributed by atoms with Crippen molar-refractivity contribution in [2.45, 2.75) is 13.8 Å². The predicted octanol–water partition coefficient (Wildman–Crippen LogP) is 3.43. The van der Waals surface area contributed by atoms with Gasteiger partial charge in [0.1, 0.15) is 17.4 Å². The fourth-order valence-electron chi connectivity index (χ4n) is 1.88. The van der Waals surface area contributed by atoms with Gasteiger partial charge < -0.3 is 4.98 Å². The SMILES string of the molecule is Cc1cc(-c2cc(C)c(F)cc2Br)c(C#N)c(=O)[nH]1. The van der Waals surface area contributed by atoms with Crippen molar-refractivity contribution < 1.29 is 4.39 Å². The van der Waals surface area contributed by atoms with Gasteiger partial charge in [-0.1, -0.05) is 15.9 Å². The van der Waals surface area contributed by atoms with Crippen LogP contribution in [-0.4, -0.2) is 4.98 Å². The first-order chi connectivity index (χ1) is 8.93. The number of nitrogens with one attached hydrogen (secondary N) is 1. The van der Waals surface area contributed by atoms with E-state index >= 15 is 0 Å². The number of halogens is 2. The lowest BCUT2D eigenvalue weighted by Crippen LogP contribution is -2.12. The molecule has 1 heterocycles. The Kier molecular flexibility index (Phi) is 3.54. The number of hydrogen-bond donors (Lipinski definition) is 1. The zero-order valence-corrected chi connectivity index (χ0v) is 11.9. The maximum absolute atomic E-state index is 13.5. The first-order valence-electron chi connectivity index (χ1n) is 5.54. The van der Waals surface area contributed by atoms with Crippen molar-refractivity contribution in [2.24, 2.45) is 0 Å². The first kappa shape index (κ1) is 13.5. The van der Waals surface area contributed by atoms with Crippen molar-refractivity contribution in [3.05, 3.63) is 55.7 Å². The lowest BCUT2D eigenvalue weighted by Gasteiger charge is -2.09. The Morgan fingerprint density at radius 2 is 1.95 bits per heavy atom. The van der Waals surface area contributed by atoms with Gasteiger partial charge in [0.2, 0.25) is 0 Å². The molecule has 0 spiro atoms. The van der Waals surface area contributed by atoms with Crippen LogP contribution in [0.3, 0.4) is 0 Å². The number of nitrogens with zero attached hydrogens (tertiary/aromatic N) is 1. The van der Waals surface area contributed by atoms with Crippen molar-refractivity contribution in [3.8, 4) is 17.2 Å². The van der Waals surface area contributed by atoms with Crippen LogP contribution in [0.5, 0.6) is 0 Å². The molecule has 0 atom stereocenters. The molecule has 0 aliphatic heterocycles. The number of benzene rings is 1. The van der Waals surface area contributed by atoms with Crippen LogP contribution in [0, 0.1) is 31.0 Å². The van der Waals surface area contributed by atoms with Gasteiger partial charge in [0, 0.05) is 15.7 Å². The van der Waals surface area contributed by atoms with Crippen LogP contribution in [-0.2, 0) is 0 Å². The van der Waals surface area contributed by atoms with E-state index in [0.717, 1.165) is 0 Å². The molecule has 2 aromatic rings. The summed E-state index contributed by atoms with van der Waals surface area (Å²) in [6, 6.07) is 6.55. The fourth-order valence-corrected chi connectivity index (χ4v) is 2.40. The highest BCUT2D eigenvalue weighted by atomic mass is 79.9. The number of aromatic amines is 1. The van der Waals surface area contributed by atoms with Gasteiger partial charge in [-0.15, -0.1) is 0 Å². The molecule has 96 valence electrons. The highest BCUT2D eigenvalue weighted by molar-refractivity contribution is 9.10. The van der Waals surface area contributed by atoms with Crippen LogP contribution in [0.25, 0.3) is 11.1 Å². The molecule has 1 N–H and O–H groups in total. The number of rotatable bonds is 1. The van der Waals surface area contributed by atoms with Crippen molar-refractivity contribution in [1.82, 2.24) is 4.98 Å². The third-order valence-corrected chi connectivity index (χ3v) is 3.47. The summed E-state index contributed by atoms with van der Waals surface area (Å²) in [5.41, 5.74) is 1.82. The number of pyridine rings is 1. The predicted molar refractivity (Wildman–Crippen MR) is 74.3 cm³/mol. The zero-order valence-electron chi connectivity index (χ0n) is 10.3. The van der Waals surface area contributed by atoms with Crippen LogP contribution >= 0.6 is 15.9 Å². The van der Waals surface area contributed by atoms with Crippen LogP contribution in [0.4, 0.5) is 4.39 Å². The summed E-state index contributed by atoms with van der Waals surface area (Å²) >= 11 is 3.27. The smallest absolute Gasteiger partial charge is 0.266 e. The Balaban J connectivity index is 2.83.